The first-order valence-electron chi connectivity index (χ1n) is 5.71. The monoisotopic (exact) mass is 262 g/mol. The molecule has 0 fully saturated rings. The number of nitrogen functional groups attached to an aromatic ring is 1. The van der Waals surface area contributed by atoms with Gasteiger partial charge in [-0.15, -0.1) is 0 Å². The van der Waals surface area contributed by atoms with E-state index < -0.39 is 6.10 Å². The maximum atomic E-state index is 10.2. The molecule has 94 valence electrons. The summed E-state index contributed by atoms with van der Waals surface area (Å²) in [6, 6.07) is 9.14. The number of anilines is 1. The largest absolute Gasteiger partial charge is 0.388 e. The molecule has 0 aliphatic heterocycles. The molecule has 1 unspecified atom stereocenters. The molecule has 0 amide bonds. The topological polar surface area (TPSA) is 59.1 Å². The average molecular weight is 263 g/mol. The van der Waals surface area contributed by atoms with Gasteiger partial charge >= 0.3 is 0 Å². The van der Waals surface area contributed by atoms with Crippen LogP contribution in [0, 0.1) is 6.92 Å². The first kappa shape index (κ1) is 12.9. The zero-order valence-corrected chi connectivity index (χ0v) is 10.9. The number of rotatable bonds is 3. The Hall–Kier alpha value is -1.58. The quantitative estimate of drug-likeness (QED) is 0.894. The molecule has 1 aromatic heterocycles. The number of aryl methyl sites for hydroxylation is 1. The molecular weight excluding hydrogens is 248 g/mol. The van der Waals surface area contributed by atoms with E-state index >= 15 is 0 Å². The van der Waals surface area contributed by atoms with Crippen LogP contribution in [0.2, 0.25) is 5.02 Å². The minimum Gasteiger partial charge on any atom is -0.388 e. The summed E-state index contributed by atoms with van der Waals surface area (Å²) in [5.74, 6) is 0.461. The summed E-state index contributed by atoms with van der Waals surface area (Å²) in [5.41, 5.74) is 8.45. The van der Waals surface area contributed by atoms with Crippen LogP contribution in [-0.2, 0) is 6.42 Å². The van der Waals surface area contributed by atoms with Gasteiger partial charge in [-0.05, 0) is 41.8 Å². The van der Waals surface area contributed by atoms with Crippen molar-refractivity contribution in [2.45, 2.75) is 19.4 Å². The summed E-state index contributed by atoms with van der Waals surface area (Å²) in [4.78, 5) is 4.01. The van der Waals surface area contributed by atoms with Crippen molar-refractivity contribution < 1.29 is 5.11 Å². The molecule has 0 spiro atoms. The van der Waals surface area contributed by atoms with Crippen LogP contribution in [0.25, 0.3) is 0 Å². The number of pyridine rings is 1. The molecule has 0 bridgehead atoms. The summed E-state index contributed by atoms with van der Waals surface area (Å²) < 4.78 is 0. The molecule has 0 saturated heterocycles. The fraction of sp³-hybridized carbons (Fsp3) is 0.214. The Morgan fingerprint density at radius 3 is 2.83 bits per heavy atom. The summed E-state index contributed by atoms with van der Waals surface area (Å²) >= 11 is 5.90. The molecule has 18 heavy (non-hydrogen) atoms. The Labute approximate surface area is 111 Å². The van der Waals surface area contributed by atoms with Gasteiger partial charge in [0.05, 0.1) is 6.10 Å². The van der Waals surface area contributed by atoms with Crippen LogP contribution in [0.4, 0.5) is 5.82 Å². The first-order chi connectivity index (χ1) is 8.58. The lowest BCUT2D eigenvalue weighted by molar-refractivity contribution is 0.178. The van der Waals surface area contributed by atoms with Crippen molar-refractivity contribution in [2.75, 3.05) is 5.73 Å². The minimum absolute atomic E-state index is 0.447. The lowest BCUT2D eigenvalue weighted by atomic mass is 9.98. The number of nitrogens with two attached hydrogens (primary N) is 1. The van der Waals surface area contributed by atoms with Crippen LogP contribution < -0.4 is 5.73 Å². The van der Waals surface area contributed by atoms with Gasteiger partial charge < -0.3 is 10.8 Å². The number of aromatic nitrogens is 1. The molecule has 2 aromatic rings. The number of halogens is 1. The Morgan fingerprint density at radius 1 is 1.39 bits per heavy atom. The molecule has 4 heteroatoms. The van der Waals surface area contributed by atoms with Crippen LogP contribution >= 0.6 is 11.6 Å². The van der Waals surface area contributed by atoms with Crippen molar-refractivity contribution in [1.29, 1.82) is 0 Å². The number of hydrogen-bond donors (Lipinski definition) is 2. The highest BCUT2D eigenvalue weighted by atomic mass is 35.5. The Balaban J connectivity index is 2.22. The first-order valence-corrected chi connectivity index (χ1v) is 6.09. The molecule has 1 atom stereocenters. The SMILES string of the molecule is Cc1cc(Cl)ccc1C(O)Cc1cccnc1N. The standard InChI is InChI=1S/C14H15ClN2O/c1-9-7-11(15)4-5-12(9)13(18)8-10-3-2-6-17-14(10)16/h2-7,13,18H,8H2,1H3,(H2,16,17). The Bertz CT molecular complexity index is 557. The summed E-state index contributed by atoms with van der Waals surface area (Å²) in [6.45, 7) is 1.93. The van der Waals surface area contributed by atoms with Crippen LogP contribution in [0.15, 0.2) is 36.5 Å². The molecule has 3 N–H and O–H groups in total. The van der Waals surface area contributed by atoms with Gasteiger partial charge in [-0.3, -0.25) is 0 Å². The van der Waals surface area contributed by atoms with Crippen LogP contribution in [0.1, 0.15) is 22.8 Å². The molecule has 0 aliphatic carbocycles. The third-order valence-corrected chi connectivity index (χ3v) is 3.17. The van der Waals surface area contributed by atoms with Crippen molar-refractivity contribution >= 4 is 17.4 Å². The third kappa shape index (κ3) is 2.81. The lowest BCUT2D eigenvalue weighted by Gasteiger charge is -2.14. The summed E-state index contributed by atoms with van der Waals surface area (Å²) in [7, 11) is 0. The van der Waals surface area contributed by atoms with E-state index in [0.717, 1.165) is 16.7 Å². The number of benzene rings is 1. The van der Waals surface area contributed by atoms with Crippen molar-refractivity contribution in [3.63, 3.8) is 0 Å². The van der Waals surface area contributed by atoms with Crippen LogP contribution in [-0.4, -0.2) is 10.1 Å². The molecule has 2 rings (SSSR count). The second-order valence-electron chi connectivity index (χ2n) is 4.27. The summed E-state index contributed by atoms with van der Waals surface area (Å²) in [6.07, 6.45) is 1.48. The zero-order chi connectivity index (χ0) is 13.1. The predicted octanol–water partition coefficient (Wildman–Crippen LogP) is 2.90. The van der Waals surface area contributed by atoms with Crippen LogP contribution in [0.3, 0.4) is 0 Å². The maximum Gasteiger partial charge on any atom is 0.126 e. The molecule has 3 nitrogen and oxygen atoms in total. The van der Waals surface area contributed by atoms with Gasteiger partial charge in [-0.25, -0.2) is 4.98 Å². The van der Waals surface area contributed by atoms with Crippen molar-refractivity contribution in [1.82, 2.24) is 4.98 Å². The molecular formula is C14H15ClN2O. The highest BCUT2D eigenvalue weighted by Crippen LogP contribution is 2.25. The lowest BCUT2D eigenvalue weighted by Crippen LogP contribution is -2.06. The fourth-order valence-electron chi connectivity index (χ4n) is 1.95. The fourth-order valence-corrected chi connectivity index (χ4v) is 2.18. The van der Waals surface area contributed by atoms with Gasteiger partial charge in [-0.1, -0.05) is 23.7 Å². The second kappa shape index (κ2) is 5.38. The summed E-state index contributed by atoms with van der Waals surface area (Å²) in [5, 5.41) is 10.9. The number of aliphatic hydroxyl groups excluding tert-OH is 1. The van der Waals surface area contributed by atoms with Crippen molar-refractivity contribution in [2.24, 2.45) is 0 Å². The molecule has 0 saturated carbocycles. The van der Waals surface area contributed by atoms with E-state index in [1.807, 2.05) is 31.2 Å². The third-order valence-electron chi connectivity index (χ3n) is 2.93. The van der Waals surface area contributed by atoms with Gasteiger partial charge in [0.2, 0.25) is 0 Å². The van der Waals surface area contributed by atoms with Gasteiger partial charge in [-0.2, -0.15) is 0 Å². The van der Waals surface area contributed by atoms with E-state index in [2.05, 4.69) is 4.98 Å². The smallest absolute Gasteiger partial charge is 0.126 e. The van der Waals surface area contributed by atoms with Gasteiger partial charge in [0.1, 0.15) is 5.82 Å². The highest BCUT2D eigenvalue weighted by Gasteiger charge is 2.13. The number of nitrogens with zero attached hydrogens (tertiary/aromatic N) is 1. The Kier molecular flexibility index (Phi) is 3.84. The van der Waals surface area contributed by atoms with E-state index in [1.54, 1.807) is 12.3 Å². The van der Waals surface area contributed by atoms with E-state index in [0.29, 0.717) is 17.3 Å². The van der Waals surface area contributed by atoms with E-state index in [9.17, 15) is 5.11 Å². The van der Waals surface area contributed by atoms with Gasteiger partial charge in [0.25, 0.3) is 0 Å². The molecule has 0 radical (unpaired) electrons. The normalized spacial score (nSPS) is 12.4. The predicted molar refractivity (Wildman–Crippen MR) is 73.5 cm³/mol. The molecule has 0 aliphatic rings. The highest BCUT2D eigenvalue weighted by molar-refractivity contribution is 6.30. The second-order valence-corrected chi connectivity index (χ2v) is 4.71. The number of hydrogen-bond acceptors (Lipinski definition) is 3. The van der Waals surface area contributed by atoms with Gasteiger partial charge in [0.15, 0.2) is 0 Å². The van der Waals surface area contributed by atoms with Crippen molar-refractivity contribution in [3.8, 4) is 0 Å². The molecule has 1 aromatic carbocycles. The van der Waals surface area contributed by atoms with E-state index in [-0.39, 0.29) is 0 Å². The van der Waals surface area contributed by atoms with E-state index in [4.69, 9.17) is 17.3 Å². The zero-order valence-electron chi connectivity index (χ0n) is 10.1. The Morgan fingerprint density at radius 2 is 2.17 bits per heavy atom. The maximum absolute atomic E-state index is 10.2. The van der Waals surface area contributed by atoms with Crippen molar-refractivity contribution in [3.05, 3.63) is 58.2 Å². The van der Waals surface area contributed by atoms with Crippen LogP contribution in [0.5, 0.6) is 0 Å². The average Bonchev–Trinajstić information content (AvgIpc) is 2.32. The molecule has 1 heterocycles. The minimum atomic E-state index is -0.603. The van der Waals surface area contributed by atoms with E-state index in [1.165, 1.54) is 0 Å². The van der Waals surface area contributed by atoms with Gasteiger partial charge in [0, 0.05) is 17.6 Å². The number of aliphatic hydroxyl groups is 1.